The molecule has 1 aromatic carbocycles. The zero-order valence-electron chi connectivity index (χ0n) is 15.5. The van der Waals surface area contributed by atoms with Crippen molar-refractivity contribution < 1.29 is 14.0 Å². The van der Waals surface area contributed by atoms with Gasteiger partial charge in [-0.25, -0.2) is 9.07 Å². The summed E-state index contributed by atoms with van der Waals surface area (Å²) in [6.07, 6.45) is 6.01. The molecule has 3 aromatic rings. The van der Waals surface area contributed by atoms with Gasteiger partial charge in [-0.2, -0.15) is 0 Å². The van der Waals surface area contributed by atoms with Gasteiger partial charge in [0.25, 0.3) is 5.91 Å². The number of rotatable bonds is 8. The second kappa shape index (κ2) is 9.88. The number of halogens is 1. The molecule has 0 spiro atoms. The Morgan fingerprint density at radius 1 is 1.14 bits per heavy atom. The summed E-state index contributed by atoms with van der Waals surface area (Å²) in [6, 6.07) is 11.4. The fourth-order valence-electron chi connectivity index (χ4n) is 2.41. The molecule has 0 saturated heterocycles. The number of benzene rings is 1. The first-order chi connectivity index (χ1) is 14.1. The quantitative estimate of drug-likeness (QED) is 0.565. The third-order valence-corrected chi connectivity index (χ3v) is 3.84. The second-order valence-corrected chi connectivity index (χ2v) is 6.05. The molecule has 29 heavy (non-hydrogen) atoms. The van der Waals surface area contributed by atoms with Gasteiger partial charge in [-0.05, 0) is 35.9 Å². The summed E-state index contributed by atoms with van der Waals surface area (Å²) in [5, 5.41) is 13.1. The highest BCUT2D eigenvalue weighted by molar-refractivity contribution is 5.92. The number of nitrogens with zero attached hydrogens (tertiary/aromatic N) is 4. The predicted molar refractivity (Wildman–Crippen MR) is 104 cm³/mol. The Morgan fingerprint density at radius 3 is 2.83 bits per heavy atom. The van der Waals surface area contributed by atoms with Gasteiger partial charge < -0.3 is 10.6 Å². The first kappa shape index (κ1) is 19.9. The summed E-state index contributed by atoms with van der Waals surface area (Å²) in [5.74, 6) is -1.04. The van der Waals surface area contributed by atoms with Gasteiger partial charge in [0.05, 0.1) is 25.0 Å². The Balaban J connectivity index is 1.41. The van der Waals surface area contributed by atoms with E-state index in [0.717, 1.165) is 5.69 Å². The van der Waals surface area contributed by atoms with Crippen LogP contribution in [0.2, 0.25) is 0 Å². The zero-order chi connectivity index (χ0) is 20.5. The topological polar surface area (TPSA) is 102 Å². The summed E-state index contributed by atoms with van der Waals surface area (Å²) < 4.78 is 14.6. The van der Waals surface area contributed by atoms with Gasteiger partial charge in [-0.1, -0.05) is 23.4 Å². The van der Waals surface area contributed by atoms with E-state index in [4.69, 9.17) is 0 Å². The Hall–Kier alpha value is -3.88. The van der Waals surface area contributed by atoms with E-state index in [1.807, 2.05) is 12.1 Å². The fraction of sp³-hybridized carbons (Fsp3) is 0.150. The molecule has 0 atom stereocenters. The lowest BCUT2D eigenvalue weighted by Crippen LogP contribution is -2.25. The van der Waals surface area contributed by atoms with E-state index in [0.29, 0.717) is 25.2 Å². The van der Waals surface area contributed by atoms with Crippen LogP contribution in [-0.4, -0.2) is 38.3 Å². The smallest absolute Gasteiger partial charge is 0.273 e. The number of hydrogen-bond acceptors (Lipinski definition) is 5. The maximum atomic E-state index is 13.1. The normalized spacial score (nSPS) is 10.8. The third-order valence-electron chi connectivity index (χ3n) is 3.84. The molecule has 2 heterocycles. The van der Waals surface area contributed by atoms with Crippen molar-refractivity contribution in [3.05, 3.63) is 83.7 Å². The Labute approximate surface area is 166 Å². The maximum absolute atomic E-state index is 13.1. The van der Waals surface area contributed by atoms with Crippen molar-refractivity contribution in [2.75, 3.05) is 6.54 Å². The molecule has 9 heteroatoms. The van der Waals surface area contributed by atoms with Crippen LogP contribution in [0.1, 0.15) is 21.7 Å². The van der Waals surface area contributed by atoms with Crippen molar-refractivity contribution in [2.45, 2.75) is 13.1 Å². The van der Waals surface area contributed by atoms with Gasteiger partial charge in [0.15, 0.2) is 5.69 Å². The van der Waals surface area contributed by atoms with Crippen LogP contribution in [0.4, 0.5) is 4.39 Å². The highest BCUT2D eigenvalue weighted by Gasteiger charge is 2.10. The van der Waals surface area contributed by atoms with Crippen molar-refractivity contribution in [3.8, 4) is 0 Å². The standard InChI is InChI=1S/C20H19FN6O2/c21-16-5-3-4-15(12-16)7-8-19(28)23-10-11-27-14-18(25-26-27)20(29)24-13-17-6-1-2-9-22-17/h1-9,12,14H,10-11,13H2,(H,23,28)(H,24,29)/b8-7-. The lowest BCUT2D eigenvalue weighted by molar-refractivity contribution is -0.116. The lowest BCUT2D eigenvalue weighted by Gasteiger charge is -2.02. The summed E-state index contributed by atoms with van der Waals surface area (Å²) in [4.78, 5) is 28.0. The third kappa shape index (κ3) is 6.35. The molecular weight excluding hydrogens is 375 g/mol. The first-order valence-corrected chi connectivity index (χ1v) is 8.90. The summed E-state index contributed by atoms with van der Waals surface area (Å²) in [5.41, 5.74) is 1.51. The monoisotopic (exact) mass is 394 g/mol. The average molecular weight is 394 g/mol. The molecule has 148 valence electrons. The van der Waals surface area contributed by atoms with Crippen LogP contribution in [0, 0.1) is 5.82 Å². The van der Waals surface area contributed by atoms with E-state index < -0.39 is 0 Å². The van der Waals surface area contributed by atoms with E-state index >= 15 is 0 Å². The molecule has 0 aliphatic heterocycles. The van der Waals surface area contributed by atoms with Crippen molar-refractivity contribution in [1.29, 1.82) is 0 Å². The molecule has 0 aliphatic carbocycles. The Morgan fingerprint density at radius 2 is 2.03 bits per heavy atom. The van der Waals surface area contributed by atoms with Gasteiger partial charge in [0.1, 0.15) is 5.82 Å². The van der Waals surface area contributed by atoms with Crippen LogP contribution in [0.25, 0.3) is 6.08 Å². The van der Waals surface area contributed by atoms with E-state index in [2.05, 4.69) is 25.9 Å². The van der Waals surface area contributed by atoms with Gasteiger partial charge in [0.2, 0.25) is 5.91 Å². The SMILES string of the molecule is O=C(/C=C\c1cccc(F)c1)NCCn1cc(C(=O)NCc2ccccn2)nn1. The summed E-state index contributed by atoms with van der Waals surface area (Å²) in [7, 11) is 0. The lowest BCUT2D eigenvalue weighted by atomic mass is 10.2. The maximum Gasteiger partial charge on any atom is 0.273 e. The molecule has 0 saturated carbocycles. The molecule has 0 bridgehead atoms. The number of amides is 2. The highest BCUT2D eigenvalue weighted by atomic mass is 19.1. The number of carbonyl (C=O) groups is 2. The van der Waals surface area contributed by atoms with Crippen LogP contribution >= 0.6 is 0 Å². The van der Waals surface area contributed by atoms with Crippen molar-refractivity contribution in [2.24, 2.45) is 0 Å². The van der Waals surface area contributed by atoms with Crippen molar-refractivity contribution in [3.63, 3.8) is 0 Å². The van der Waals surface area contributed by atoms with E-state index in [9.17, 15) is 14.0 Å². The molecular formula is C20H19FN6O2. The van der Waals surface area contributed by atoms with Crippen molar-refractivity contribution in [1.82, 2.24) is 30.6 Å². The number of nitrogens with one attached hydrogen (secondary N) is 2. The fourth-order valence-corrected chi connectivity index (χ4v) is 2.41. The van der Waals surface area contributed by atoms with E-state index in [1.165, 1.54) is 35.2 Å². The Bertz CT molecular complexity index is 1000. The van der Waals surface area contributed by atoms with Crippen LogP contribution in [0.5, 0.6) is 0 Å². The minimum absolute atomic E-state index is 0.179. The van der Waals surface area contributed by atoms with E-state index in [1.54, 1.807) is 24.4 Å². The van der Waals surface area contributed by atoms with Gasteiger partial charge in [-0.15, -0.1) is 5.10 Å². The van der Waals surface area contributed by atoms with Crippen LogP contribution in [0.15, 0.2) is 60.9 Å². The number of carbonyl (C=O) groups excluding carboxylic acids is 2. The van der Waals surface area contributed by atoms with Crippen LogP contribution in [0.3, 0.4) is 0 Å². The van der Waals surface area contributed by atoms with Gasteiger partial charge >= 0.3 is 0 Å². The second-order valence-electron chi connectivity index (χ2n) is 6.05. The molecule has 3 rings (SSSR count). The van der Waals surface area contributed by atoms with E-state index in [-0.39, 0.29) is 23.3 Å². The molecule has 8 nitrogen and oxygen atoms in total. The van der Waals surface area contributed by atoms with Crippen molar-refractivity contribution >= 4 is 17.9 Å². The van der Waals surface area contributed by atoms with Gasteiger partial charge in [-0.3, -0.25) is 14.6 Å². The average Bonchev–Trinajstić information content (AvgIpc) is 3.20. The minimum Gasteiger partial charge on any atom is -0.351 e. The molecule has 0 radical (unpaired) electrons. The number of aromatic nitrogens is 4. The molecule has 0 unspecified atom stereocenters. The molecule has 2 N–H and O–H groups in total. The number of pyridine rings is 1. The van der Waals surface area contributed by atoms with Crippen LogP contribution in [-0.2, 0) is 17.9 Å². The molecule has 2 amide bonds. The van der Waals surface area contributed by atoms with Crippen LogP contribution < -0.4 is 10.6 Å². The summed E-state index contributed by atoms with van der Waals surface area (Å²) in [6.45, 7) is 0.935. The molecule has 2 aromatic heterocycles. The zero-order valence-corrected chi connectivity index (χ0v) is 15.5. The highest BCUT2D eigenvalue weighted by Crippen LogP contribution is 2.05. The molecule has 0 fully saturated rings. The Kier molecular flexibility index (Phi) is 6.77. The number of hydrogen-bond donors (Lipinski definition) is 2. The molecule has 0 aliphatic rings. The summed E-state index contributed by atoms with van der Waals surface area (Å²) >= 11 is 0. The predicted octanol–water partition coefficient (Wildman–Crippen LogP) is 1.57. The minimum atomic E-state index is -0.362. The van der Waals surface area contributed by atoms with Gasteiger partial charge in [0, 0.05) is 18.8 Å². The first-order valence-electron chi connectivity index (χ1n) is 8.90. The largest absolute Gasteiger partial charge is 0.351 e.